The molecule has 0 aliphatic carbocycles. The first kappa shape index (κ1) is 27.8. The first-order valence-corrected chi connectivity index (χ1v) is 14.5. The number of hydrogen-bond donors (Lipinski definition) is 1. The molecule has 3 heterocycles. The molecule has 2 aromatic heterocycles. The van der Waals surface area contributed by atoms with Crippen molar-refractivity contribution in [3.63, 3.8) is 0 Å². The number of carbonyl (C=O) groups is 1. The third-order valence-electron chi connectivity index (χ3n) is 7.54. The topological polar surface area (TPSA) is 85.7 Å². The van der Waals surface area contributed by atoms with Crippen LogP contribution in [0.4, 0.5) is 0 Å². The molecule has 212 valence electrons. The van der Waals surface area contributed by atoms with E-state index in [4.69, 9.17) is 26.1 Å². The third kappa shape index (κ3) is 4.57. The molecule has 0 bridgehead atoms. The Balaban J connectivity index is 1.67. The summed E-state index contributed by atoms with van der Waals surface area (Å²) in [6.07, 6.45) is 1.92. The minimum atomic E-state index is -0.842. The highest BCUT2D eigenvalue weighted by Gasteiger charge is 2.35. The maximum atomic E-state index is 14.3. The van der Waals surface area contributed by atoms with E-state index in [1.54, 1.807) is 25.1 Å². The molecule has 0 spiro atoms. The van der Waals surface area contributed by atoms with Gasteiger partial charge in [-0.15, -0.1) is 0 Å². The number of nitrogens with zero attached hydrogens (tertiary/aromatic N) is 2. The second-order valence-corrected chi connectivity index (χ2v) is 11.7. The Morgan fingerprint density at radius 3 is 2.55 bits per heavy atom. The zero-order valence-corrected chi connectivity index (χ0v) is 25.3. The highest BCUT2D eigenvalue weighted by atomic mass is 35.5. The summed E-state index contributed by atoms with van der Waals surface area (Å²) in [5.74, 6) is -0.0875. The molecule has 0 saturated heterocycles. The van der Waals surface area contributed by atoms with Gasteiger partial charge in [-0.1, -0.05) is 64.9 Å². The summed E-state index contributed by atoms with van der Waals surface area (Å²) in [7, 11) is 2.85. The summed E-state index contributed by atoms with van der Waals surface area (Å²) in [6.45, 7) is 5.88. The van der Waals surface area contributed by atoms with E-state index in [2.05, 4.69) is 31.0 Å². The number of hydrogen-bond acceptors (Lipinski definition) is 6. The Morgan fingerprint density at radius 1 is 1.07 bits per heavy atom. The van der Waals surface area contributed by atoms with Gasteiger partial charge in [-0.3, -0.25) is 9.36 Å². The van der Waals surface area contributed by atoms with Gasteiger partial charge in [0.25, 0.3) is 5.56 Å². The summed E-state index contributed by atoms with van der Waals surface area (Å²) in [5, 5.41) is 1.47. The predicted molar refractivity (Wildman–Crippen MR) is 167 cm³/mol. The smallest absolute Gasteiger partial charge is 0.338 e. The number of H-pyrrole nitrogens is 1. The Labute approximate surface area is 251 Å². The lowest BCUT2D eigenvalue weighted by Crippen LogP contribution is -2.40. The highest BCUT2D eigenvalue weighted by molar-refractivity contribution is 7.07. The number of rotatable bonds is 5. The van der Waals surface area contributed by atoms with E-state index in [-0.39, 0.29) is 11.1 Å². The van der Waals surface area contributed by atoms with Crippen LogP contribution in [0, 0.1) is 13.8 Å². The van der Waals surface area contributed by atoms with E-state index >= 15 is 0 Å². The summed E-state index contributed by atoms with van der Waals surface area (Å²) >= 11 is 7.68. The fraction of sp³-hybridized carbons (Fsp3) is 0.182. The third-order valence-corrected chi connectivity index (χ3v) is 8.76. The summed E-state index contributed by atoms with van der Waals surface area (Å²) in [4.78, 5) is 36.2. The molecule has 3 aromatic carbocycles. The molecule has 0 radical (unpaired) electrons. The van der Waals surface area contributed by atoms with Gasteiger partial charge in [0, 0.05) is 27.1 Å². The Hall–Kier alpha value is -4.40. The van der Waals surface area contributed by atoms with Crippen LogP contribution in [-0.4, -0.2) is 29.7 Å². The lowest BCUT2D eigenvalue weighted by molar-refractivity contribution is -0.136. The van der Waals surface area contributed by atoms with Crippen molar-refractivity contribution in [2.24, 2.45) is 4.99 Å². The minimum Gasteiger partial charge on any atom is -0.496 e. The van der Waals surface area contributed by atoms with Crippen molar-refractivity contribution in [3.8, 4) is 17.0 Å². The number of carbonyl (C=O) groups excluding carboxylic acids is 1. The molecule has 7 nitrogen and oxygen atoms in total. The lowest BCUT2D eigenvalue weighted by atomic mass is 9.95. The Morgan fingerprint density at radius 2 is 1.83 bits per heavy atom. The summed E-state index contributed by atoms with van der Waals surface area (Å²) in [6, 6.07) is 18.6. The second kappa shape index (κ2) is 10.8. The number of ether oxygens (including phenoxy) is 2. The van der Waals surface area contributed by atoms with Crippen molar-refractivity contribution < 1.29 is 14.3 Å². The molecule has 1 atom stereocenters. The molecule has 0 amide bonds. The monoisotopic (exact) mass is 597 g/mol. The molecule has 1 N–H and O–H groups in total. The van der Waals surface area contributed by atoms with Gasteiger partial charge in [0.15, 0.2) is 4.80 Å². The number of fused-ring (bicyclic) bond motifs is 2. The largest absolute Gasteiger partial charge is 0.496 e. The zero-order valence-electron chi connectivity index (χ0n) is 23.7. The number of methoxy groups -OCH3 is 2. The van der Waals surface area contributed by atoms with E-state index in [1.807, 2.05) is 36.4 Å². The molecule has 6 rings (SSSR count). The first-order valence-electron chi connectivity index (χ1n) is 13.3. The summed E-state index contributed by atoms with van der Waals surface area (Å²) in [5.41, 5.74) is 7.10. The fourth-order valence-corrected chi connectivity index (χ4v) is 6.90. The van der Waals surface area contributed by atoms with Crippen LogP contribution < -0.4 is 19.6 Å². The zero-order chi connectivity index (χ0) is 29.7. The number of thiazole rings is 1. The van der Waals surface area contributed by atoms with Gasteiger partial charge < -0.3 is 14.5 Å². The first-order chi connectivity index (χ1) is 20.2. The average Bonchev–Trinajstić information content (AvgIpc) is 3.49. The molecular weight excluding hydrogens is 570 g/mol. The molecule has 0 saturated carbocycles. The number of allylic oxidation sites excluding steroid dienone is 1. The van der Waals surface area contributed by atoms with E-state index < -0.39 is 12.0 Å². The van der Waals surface area contributed by atoms with Crippen molar-refractivity contribution in [3.05, 3.63) is 119 Å². The van der Waals surface area contributed by atoms with E-state index in [1.165, 1.54) is 30.1 Å². The molecule has 0 unspecified atom stereocenters. The van der Waals surface area contributed by atoms with E-state index in [0.29, 0.717) is 31.4 Å². The van der Waals surface area contributed by atoms with Gasteiger partial charge in [0.1, 0.15) is 11.8 Å². The lowest BCUT2D eigenvalue weighted by Gasteiger charge is -2.25. The number of benzene rings is 3. The van der Waals surface area contributed by atoms with Crippen LogP contribution in [0.25, 0.3) is 28.2 Å². The molecule has 0 fully saturated rings. The van der Waals surface area contributed by atoms with Gasteiger partial charge in [0.2, 0.25) is 0 Å². The fourth-order valence-electron chi connectivity index (χ4n) is 5.69. The molecule has 9 heteroatoms. The number of nitrogens with one attached hydrogen (secondary N) is 1. The van der Waals surface area contributed by atoms with Gasteiger partial charge in [-0.2, -0.15) is 0 Å². The number of halogens is 1. The Kier molecular flexibility index (Phi) is 7.12. The van der Waals surface area contributed by atoms with Gasteiger partial charge in [-0.05, 0) is 62.2 Å². The quantitative estimate of drug-likeness (QED) is 0.258. The van der Waals surface area contributed by atoms with Crippen molar-refractivity contribution >= 4 is 45.9 Å². The average molecular weight is 598 g/mol. The molecule has 1 aliphatic rings. The second-order valence-electron chi connectivity index (χ2n) is 10.2. The number of aryl methyl sites for hydroxylation is 2. The van der Waals surface area contributed by atoms with Crippen LogP contribution in [0.15, 0.2) is 81.7 Å². The highest BCUT2D eigenvalue weighted by Crippen LogP contribution is 2.37. The molecule has 1 aliphatic heterocycles. The van der Waals surface area contributed by atoms with Gasteiger partial charge >= 0.3 is 5.97 Å². The number of aromatic amines is 1. The van der Waals surface area contributed by atoms with E-state index in [9.17, 15) is 9.59 Å². The van der Waals surface area contributed by atoms with Crippen molar-refractivity contribution in [2.75, 3.05) is 14.2 Å². The van der Waals surface area contributed by atoms with Crippen LogP contribution in [0.2, 0.25) is 5.02 Å². The molecular formula is C33H28ClN3O4S. The minimum absolute atomic E-state index is 0.250. The van der Waals surface area contributed by atoms with Crippen molar-refractivity contribution in [1.29, 1.82) is 0 Å². The van der Waals surface area contributed by atoms with Crippen LogP contribution in [0.5, 0.6) is 5.75 Å². The maximum Gasteiger partial charge on any atom is 0.338 e. The van der Waals surface area contributed by atoms with Crippen LogP contribution in [0.1, 0.15) is 35.2 Å². The van der Waals surface area contributed by atoms with Crippen LogP contribution >= 0.6 is 22.9 Å². The SMILES string of the molecule is COC(=O)C1=C(C)N=c2s/c(=C\c3c(-c4ccccc4)[nH]c4c(C)cc(C)cc34)c(=O)n2[C@@H]1c1cc(Cl)ccc1OC. The maximum absolute atomic E-state index is 14.3. The predicted octanol–water partition coefficient (Wildman–Crippen LogP) is 5.84. The van der Waals surface area contributed by atoms with Crippen molar-refractivity contribution in [2.45, 2.75) is 26.8 Å². The van der Waals surface area contributed by atoms with Crippen molar-refractivity contribution in [1.82, 2.24) is 9.55 Å². The normalized spacial score (nSPS) is 15.1. The molecule has 5 aromatic rings. The van der Waals surface area contributed by atoms with E-state index in [0.717, 1.165) is 38.9 Å². The van der Waals surface area contributed by atoms with Crippen LogP contribution in [-0.2, 0) is 9.53 Å². The van der Waals surface area contributed by atoms with Crippen LogP contribution in [0.3, 0.4) is 0 Å². The summed E-state index contributed by atoms with van der Waals surface area (Å²) < 4.78 is 12.8. The Bertz CT molecular complexity index is 2100. The standard InChI is InChI=1S/C33H28ClN3O4S/c1-17-13-18(2)28-22(14-17)23(29(36-28)20-9-7-6-8-10-20)16-26-31(38)37-30(24-15-21(34)11-12-25(24)40-4)27(32(39)41-5)19(3)35-33(37)42-26/h6-16,30,36H,1-5H3/b26-16-/t30-/m1/s1. The molecule has 42 heavy (non-hydrogen) atoms. The number of esters is 1. The van der Waals surface area contributed by atoms with Gasteiger partial charge in [0.05, 0.1) is 35.7 Å². The number of aromatic nitrogens is 2. The van der Waals surface area contributed by atoms with Gasteiger partial charge in [-0.25, -0.2) is 9.79 Å².